The van der Waals surface area contributed by atoms with Crippen LogP contribution < -0.4 is 43.6 Å². The third-order valence-electron chi connectivity index (χ3n) is 20.1. The number of carbonyl (C=O) groups excluding carboxylic acids is 3. The van der Waals surface area contributed by atoms with Crippen molar-refractivity contribution < 1.29 is 33.0 Å². The highest BCUT2D eigenvalue weighted by molar-refractivity contribution is 9.10. The Bertz CT molecular complexity index is 4070. The van der Waals surface area contributed by atoms with E-state index in [4.69, 9.17) is 25.8 Å². The van der Waals surface area contributed by atoms with Crippen LogP contribution in [0.3, 0.4) is 0 Å². The lowest BCUT2D eigenvalue weighted by molar-refractivity contribution is 0.0981. The number of amides is 3. The Labute approximate surface area is 632 Å². The molecular weight excluding hydrogens is 1400 g/mol. The van der Waals surface area contributed by atoms with Gasteiger partial charge >= 0.3 is 0 Å². The van der Waals surface area contributed by atoms with Crippen molar-refractivity contribution in [3.63, 3.8) is 0 Å². The van der Waals surface area contributed by atoms with Gasteiger partial charge in [0.2, 0.25) is 0 Å². The maximum Gasteiger partial charge on any atom is 0.258 e. The molecule has 0 bridgehead atoms. The van der Waals surface area contributed by atoms with Crippen molar-refractivity contribution in [2.75, 3.05) is 128 Å². The molecular formula is C87H96BrClFN9O6. The average molecular weight is 1500 g/mol. The number of benzene rings is 9. The SMILES string of the molecule is CC(C)Oc1ccccc1N1CCN(Cc2cccc(C(=O)N3CCc4cc(Br)ccc43)c2)CC1.CC(C)Oc1ccccc1N1CCN(Cc2cccc(C(=O)N3CCc4cc(Cl)ccc43)c2)CC1.CC(C)Oc1ccccc1N1CCN(Cc2cccc(C(=O)N3CCc4cc(F)ccc43)c2)CC1. The fraction of sp³-hybridized carbons (Fsp3) is 0.345. The molecule has 9 aromatic carbocycles. The van der Waals surface area contributed by atoms with Crippen LogP contribution in [0.1, 0.15) is 106 Å². The molecule has 6 heterocycles. The van der Waals surface area contributed by atoms with E-state index < -0.39 is 0 Å². The first-order valence-electron chi connectivity index (χ1n) is 37.2. The quantitative estimate of drug-likeness (QED) is 0.0816. The lowest BCUT2D eigenvalue weighted by atomic mass is 10.1. The van der Waals surface area contributed by atoms with Gasteiger partial charge in [-0.25, -0.2) is 4.39 Å². The fourth-order valence-electron chi connectivity index (χ4n) is 15.1. The zero-order valence-electron chi connectivity index (χ0n) is 61.2. The monoisotopic (exact) mass is 1500 g/mol. The van der Waals surface area contributed by atoms with E-state index in [0.717, 1.165) is 195 Å². The largest absolute Gasteiger partial charge is 0.489 e. The van der Waals surface area contributed by atoms with Crippen molar-refractivity contribution in [2.24, 2.45) is 0 Å². The summed E-state index contributed by atoms with van der Waals surface area (Å²) >= 11 is 9.67. The Balaban J connectivity index is 0.000000140. The number of nitrogens with zero attached hydrogens (tertiary/aromatic N) is 9. The van der Waals surface area contributed by atoms with Crippen molar-refractivity contribution in [2.45, 2.75) is 98.8 Å². The molecule has 15 rings (SSSR count). The minimum Gasteiger partial charge on any atom is -0.489 e. The summed E-state index contributed by atoms with van der Waals surface area (Å²) in [6.07, 6.45) is 2.88. The number of halogens is 3. The van der Waals surface area contributed by atoms with Crippen molar-refractivity contribution in [3.05, 3.63) is 266 Å². The topological polar surface area (TPSA) is 108 Å². The van der Waals surface area contributed by atoms with Gasteiger partial charge in [0, 0.05) is 161 Å². The van der Waals surface area contributed by atoms with Crippen molar-refractivity contribution >= 4 is 79.4 Å². The molecule has 18 heteroatoms. The van der Waals surface area contributed by atoms with Crippen LogP contribution in [0.2, 0.25) is 5.02 Å². The summed E-state index contributed by atoms with van der Waals surface area (Å²) in [7, 11) is 0. The lowest BCUT2D eigenvalue weighted by Gasteiger charge is -2.37. The van der Waals surface area contributed by atoms with Crippen molar-refractivity contribution in [3.8, 4) is 17.2 Å². The van der Waals surface area contributed by atoms with Gasteiger partial charge in [0.25, 0.3) is 17.7 Å². The standard InChI is InChI=1S/C29H32BrN3O2.C29H32ClN3O2.C29H32FN3O2/c3*1-21(2)35-28-9-4-3-8-27(28)32-16-14-31(15-17-32)20-22-6-5-7-24(18-22)29(34)33-13-12-23-19-25(30)10-11-26(23)33/h3*3-11,18-19,21H,12-17,20H2,1-2H3. The van der Waals surface area contributed by atoms with Crippen molar-refractivity contribution in [1.82, 2.24) is 14.7 Å². The summed E-state index contributed by atoms with van der Waals surface area (Å²) in [5, 5.41) is 0.719. The molecule has 105 heavy (non-hydrogen) atoms. The zero-order chi connectivity index (χ0) is 73.1. The Kier molecular flexibility index (Phi) is 24.2. The molecule has 0 radical (unpaired) electrons. The Morgan fingerprint density at radius 2 is 0.686 bits per heavy atom. The molecule has 0 atom stereocenters. The molecule has 0 aromatic heterocycles. The van der Waals surface area contributed by atoms with Crippen LogP contribution in [0, 0.1) is 5.82 Å². The molecule has 0 aliphatic carbocycles. The summed E-state index contributed by atoms with van der Waals surface area (Å²) in [6, 6.07) is 65.6. The smallest absolute Gasteiger partial charge is 0.258 e. The highest BCUT2D eigenvalue weighted by atomic mass is 79.9. The predicted octanol–water partition coefficient (Wildman–Crippen LogP) is 16.6. The van der Waals surface area contributed by atoms with E-state index in [1.54, 1.807) is 11.0 Å². The molecule has 546 valence electrons. The Morgan fingerprint density at radius 3 is 1.05 bits per heavy atom. The van der Waals surface area contributed by atoms with Gasteiger partial charge in [-0.05, 0) is 222 Å². The fourth-order valence-corrected chi connectivity index (χ4v) is 15.7. The van der Waals surface area contributed by atoms with Gasteiger partial charge < -0.3 is 43.6 Å². The van der Waals surface area contributed by atoms with Gasteiger partial charge in [-0.15, -0.1) is 0 Å². The van der Waals surface area contributed by atoms with Crippen LogP contribution in [0.15, 0.2) is 205 Å². The van der Waals surface area contributed by atoms with E-state index in [2.05, 4.69) is 166 Å². The minimum absolute atomic E-state index is 0.0243. The number of rotatable bonds is 18. The normalized spacial score (nSPS) is 16.0. The van der Waals surface area contributed by atoms with Crippen LogP contribution in [0.4, 0.5) is 38.5 Å². The number of fused-ring (bicyclic) bond motifs is 3. The van der Waals surface area contributed by atoms with E-state index in [0.29, 0.717) is 25.1 Å². The molecule has 3 fully saturated rings. The van der Waals surface area contributed by atoms with Crippen LogP contribution in [-0.4, -0.2) is 149 Å². The average Bonchev–Trinajstić information content (AvgIpc) is 0.877. The summed E-state index contributed by atoms with van der Waals surface area (Å²) in [4.78, 5) is 60.0. The number of piperazine rings is 3. The maximum atomic E-state index is 13.6. The molecule has 6 aliphatic rings. The molecule has 6 aliphatic heterocycles. The summed E-state index contributed by atoms with van der Waals surface area (Å²) in [5.41, 5.74) is 15.2. The Morgan fingerprint density at radius 1 is 0.362 bits per heavy atom. The van der Waals surface area contributed by atoms with E-state index in [9.17, 15) is 18.8 Å². The third-order valence-corrected chi connectivity index (χ3v) is 20.8. The van der Waals surface area contributed by atoms with E-state index in [1.807, 2.05) is 113 Å². The molecule has 0 spiro atoms. The van der Waals surface area contributed by atoms with Crippen molar-refractivity contribution in [1.29, 1.82) is 0 Å². The molecule has 3 amide bonds. The van der Waals surface area contributed by atoms with Crippen LogP contribution in [0.25, 0.3) is 0 Å². The van der Waals surface area contributed by atoms with Gasteiger partial charge in [0.05, 0.1) is 35.4 Å². The molecule has 0 saturated carbocycles. The number of ether oxygens (including phenoxy) is 3. The van der Waals surface area contributed by atoms with Gasteiger partial charge in [0.15, 0.2) is 0 Å². The van der Waals surface area contributed by atoms with E-state index in [1.165, 1.54) is 40.2 Å². The van der Waals surface area contributed by atoms with E-state index in [-0.39, 0.29) is 41.9 Å². The van der Waals surface area contributed by atoms with Gasteiger partial charge in [-0.3, -0.25) is 29.1 Å². The second kappa shape index (κ2) is 34.3. The van der Waals surface area contributed by atoms with Crippen LogP contribution >= 0.6 is 27.5 Å². The first kappa shape index (κ1) is 74.1. The highest BCUT2D eigenvalue weighted by Crippen LogP contribution is 2.37. The lowest BCUT2D eigenvalue weighted by Crippen LogP contribution is -2.46. The van der Waals surface area contributed by atoms with E-state index >= 15 is 0 Å². The maximum absolute atomic E-state index is 13.6. The second-order valence-corrected chi connectivity index (χ2v) is 30.1. The van der Waals surface area contributed by atoms with Gasteiger partial charge in [-0.1, -0.05) is 100 Å². The van der Waals surface area contributed by atoms with Gasteiger partial charge in [0.1, 0.15) is 23.1 Å². The number of hydrogen-bond donors (Lipinski definition) is 0. The molecule has 9 aromatic rings. The number of hydrogen-bond acceptors (Lipinski definition) is 12. The molecule has 0 unspecified atom stereocenters. The molecule has 3 saturated heterocycles. The highest BCUT2D eigenvalue weighted by Gasteiger charge is 2.31. The summed E-state index contributed by atoms with van der Waals surface area (Å²) < 4.78 is 32.7. The summed E-state index contributed by atoms with van der Waals surface area (Å²) in [5.74, 6) is 2.71. The first-order valence-corrected chi connectivity index (χ1v) is 38.4. The summed E-state index contributed by atoms with van der Waals surface area (Å²) in [6.45, 7) is 28.3. The minimum atomic E-state index is -0.254. The number of para-hydroxylation sites is 6. The molecule has 0 N–H and O–H groups in total. The van der Waals surface area contributed by atoms with Crippen LogP contribution in [-0.2, 0) is 38.9 Å². The number of anilines is 6. The third kappa shape index (κ3) is 18.5. The number of carbonyl (C=O) groups is 3. The van der Waals surface area contributed by atoms with Gasteiger partial charge in [-0.2, -0.15) is 0 Å². The Hall–Kier alpha value is -9.23. The zero-order valence-corrected chi connectivity index (χ0v) is 63.6. The first-order chi connectivity index (χ1) is 50.9. The molecule has 15 nitrogen and oxygen atoms in total. The van der Waals surface area contributed by atoms with Crippen LogP contribution in [0.5, 0.6) is 17.2 Å². The predicted molar refractivity (Wildman–Crippen MR) is 427 cm³/mol. The second-order valence-electron chi connectivity index (χ2n) is 28.7.